The average molecular weight is 444 g/mol. The summed E-state index contributed by atoms with van der Waals surface area (Å²) in [7, 11) is 0. The maximum absolute atomic E-state index is 13.3. The van der Waals surface area contributed by atoms with E-state index in [4.69, 9.17) is 10.5 Å². The number of carbonyl (C=O) groups is 1. The van der Waals surface area contributed by atoms with E-state index in [1.807, 2.05) is 0 Å². The molecule has 0 atom stereocenters. The zero-order chi connectivity index (χ0) is 22.6. The molecule has 0 radical (unpaired) electrons. The topological polar surface area (TPSA) is 108 Å². The lowest BCUT2D eigenvalue weighted by molar-refractivity contribution is -0.274. The van der Waals surface area contributed by atoms with Crippen molar-refractivity contribution in [1.29, 1.82) is 0 Å². The number of hydrogen-bond donors (Lipinski definition) is 1. The second-order valence-electron chi connectivity index (χ2n) is 7.09. The predicted molar refractivity (Wildman–Crippen MR) is 108 cm³/mol. The number of anilines is 2. The highest BCUT2D eigenvalue weighted by atomic mass is 19.4. The number of benzene rings is 1. The van der Waals surface area contributed by atoms with Gasteiger partial charge in [-0.05, 0) is 25.1 Å². The highest BCUT2D eigenvalue weighted by Gasteiger charge is 2.32. The number of imidazole rings is 1. The van der Waals surface area contributed by atoms with E-state index in [2.05, 4.69) is 19.7 Å². The van der Waals surface area contributed by atoms with E-state index in [-0.39, 0.29) is 24.6 Å². The van der Waals surface area contributed by atoms with Crippen LogP contribution in [0.3, 0.4) is 0 Å². The highest BCUT2D eigenvalue weighted by Crippen LogP contribution is 2.37. The van der Waals surface area contributed by atoms with Crippen LogP contribution < -0.4 is 20.1 Å². The van der Waals surface area contributed by atoms with E-state index < -0.39 is 18.0 Å². The number of aryl methyl sites for hydroxylation is 1. The molecule has 1 amide bonds. The lowest BCUT2D eigenvalue weighted by atomic mass is 10.2. The van der Waals surface area contributed by atoms with Crippen LogP contribution >= 0.6 is 0 Å². The number of alkyl halides is 3. The van der Waals surface area contributed by atoms with E-state index in [0.29, 0.717) is 33.7 Å². The number of pyridine rings is 1. The number of hydrogen-bond acceptors (Lipinski definition) is 7. The molecule has 1 aliphatic heterocycles. The third kappa shape index (κ3) is 3.29. The van der Waals surface area contributed by atoms with Crippen LogP contribution in [-0.2, 0) is 0 Å². The van der Waals surface area contributed by atoms with Gasteiger partial charge in [0.15, 0.2) is 5.82 Å². The first kappa shape index (κ1) is 19.8. The van der Waals surface area contributed by atoms with Crippen LogP contribution in [-0.4, -0.2) is 44.8 Å². The quantitative estimate of drug-likeness (QED) is 0.506. The number of carbonyl (C=O) groups excluding carboxylic acids is 1. The molecule has 0 spiro atoms. The Morgan fingerprint density at radius 3 is 2.84 bits per heavy atom. The highest BCUT2D eigenvalue weighted by molar-refractivity contribution is 6.07. The lowest BCUT2D eigenvalue weighted by Gasteiger charge is -2.29. The van der Waals surface area contributed by atoms with Crippen molar-refractivity contribution in [2.75, 3.05) is 23.8 Å². The molecule has 0 bridgehead atoms. The molecule has 1 aromatic carbocycles. The first-order valence-electron chi connectivity index (χ1n) is 9.44. The summed E-state index contributed by atoms with van der Waals surface area (Å²) in [5.74, 6) is -0.472. The zero-order valence-corrected chi connectivity index (χ0v) is 16.6. The number of aromatic nitrogens is 4. The Balaban J connectivity index is 1.54. The maximum Gasteiger partial charge on any atom is 0.573 e. The second kappa shape index (κ2) is 6.97. The first-order chi connectivity index (χ1) is 15.2. The summed E-state index contributed by atoms with van der Waals surface area (Å²) in [6.07, 6.45) is -1.80. The molecule has 0 aliphatic carbocycles. The van der Waals surface area contributed by atoms with Crippen molar-refractivity contribution >= 4 is 34.0 Å². The monoisotopic (exact) mass is 444 g/mol. The number of amides is 1. The van der Waals surface area contributed by atoms with Crippen LogP contribution in [0, 0.1) is 6.92 Å². The molecule has 164 valence electrons. The third-order valence-corrected chi connectivity index (χ3v) is 5.05. The standard InChI is InChI=1S/C20H15F3N6O3/c1-10-17-18(24)27-13-8-25-12(7-15(13)29(17)9-26-10)19(30)28-4-5-31-16-6-11(2-3-14(16)28)32-20(21,22)23/h2-3,6-9H,4-5H2,1H3,(H2,24,27). The van der Waals surface area contributed by atoms with E-state index >= 15 is 0 Å². The van der Waals surface area contributed by atoms with Crippen LogP contribution in [0.25, 0.3) is 16.6 Å². The Labute approximate surface area is 178 Å². The van der Waals surface area contributed by atoms with Gasteiger partial charge in [0.2, 0.25) is 0 Å². The summed E-state index contributed by atoms with van der Waals surface area (Å²) in [5, 5.41) is 0. The van der Waals surface area contributed by atoms with E-state index in [1.165, 1.54) is 17.2 Å². The largest absolute Gasteiger partial charge is 0.573 e. The Kier molecular flexibility index (Phi) is 4.32. The molecule has 0 saturated carbocycles. The summed E-state index contributed by atoms with van der Waals surface area (Å²) in [6, 6.07) is 5.14. The van der Waals surface area contributed by atoms with Gasteiger partial charge < -0.3 is 20.1 Å². The van der Waals surface area contributed by atoms with Gasteiger partial charge in [-0.2, -0.15) is 0 Å². The summed E-state index contributed by atoms with van der Waals surface area (Å²) >= 11 is 0. The van der Waals surface area contributed by atoms with Crippen molar-refractivity contribution in [2.45, 2.75) is 13.3 Å². The minimum Gasteiger partial charge on any atom is -0.489 e. The molecule has 0 fully saturated rings. The Bertz CT molecular complexity index is 1380. The van der Waals surface area contributed by atoms with Crippen molar-refractivity contribution in [3.8, 4) is 11.5 Å². The third-order valence-electron chi connectivity index (χ3n) is 5.05. The van der Waals surface area contributed by atoms with Gasteiger partial charge in [0.1, 0.15) is 41.2 Å². The molecule has 0 unspecified atom stereocenters. The van der Waals surface area contributed by atoms with Gasteiger partial charge in [0, 0.05) is 6.07 Å². The minimum absolute atomic E-state index is 0.102. The second-order valence-corrected chi connectivity index (χ2v) is 7.09. The maximum atomic E-state index is 13.3. The predicted octanol–water partition coefficient (Wildman–Crippen LogP) is 3.11. The van der Waals surface area contributed by atoms with Crippen LogP contribution in [0.5, 0.6) is 11.5 Å². The fraction of sp³-hybridized carbons (Fsp3) is 0.200. The first-order valence-corrected chi connectivity index (χ1v) is 9.44. The van der Waals surface area contributed by atoms with Crippen LogP contribution in [0.4, 0.5) is 24.7 Å². The number of fused-ring (bicyclic) bond motifs is 4. The Hall–Kier alpha value is -4.09. The van der Waals surface area contributed by atoms with Gasteiger partial charge in [-0.15, -0.1) is 13.2 Å². The van der Waals surface area contributed by atoms with Crippen molar-refractivity contribution in [3.05, 3.63) is 48.2 Å². The molecular formula is C20H15F3N6O3. The molecule has 0 saturated heterocycles. The number of nitrogens with two attached hydrogens (primary N) is 1. The molecule has 12 heteroatoms. The smallest absolute Gasteiger partial charge is 0.489 e. The van der Waals surface area contributed by atoms with Crippen LogP contribution in [0.1, 0.15) is 16.2 Å². The van der Waals surface area contributed by atoms with Crippen LogP contribution in [0.2, 0.25) is 0 Å². The molecule has 5 rings (SSSR count). The van der Waals surface area contributed by atoms with Crippen molar-refractivity contribution < 1.29 is 27.4 Å². The lowest BCUT2D eigenvalue weighted by Crippen LogP contribution is -2.38. The van der Waals surface area contributed by atoms with Crippen molar-refractivity contribution in [2.24, 2.45) is 0 Å². The van der Waals surface area contributed by atoms with Crippen LogP contribution in [0.15, 0.2) is 36.8 Å². The molecule has 32 heavy (non-hydrogen) atoms. The minimum atomic E-state index is -4.83. The summed E-state index contributed by atoms with van der Waals surface area (Å²) in [5.41, 5.74) is 8.87. The van der Waals surface area contributed by atoms with Gasteiger partial charge in [-0.3, -0.25) is 9.20 Å². The van der Waals surface area contributed by atoms with Gasteiger partial charge in [0.05, 0.1) is 29.6 Å². The summed E-state index contributed by atoms with van der Waals surface area (Å²) in [4.78, 5) is 27.4. The van der Waals surface area contributed by atoms with Crippen molar-refractivity contribution in [1.82, 2.24) is 19.4 Å². The number of nitrogen functional groups attached to an aromatic ring is 1. The van der Waals surface area contributed by atoms with Crippen molar-refractivity contribution in [3.63, 3.8) is 0 Å². The molecule has 9 nitrogen and oxygen atoms in total. The van der Waals surface area contributed by atoms with Gasteiger partial charge in [-0.1, -0.05) is 0 Å². The van der Waals surface area contributed by atoms with Gasteiger partial charge in [0.25, 0.3) is 5.91 Å². The normalized spacial score (nSPS) is 13.8. The molecule has 3 aromatic heterocycles. The average Bonchev–Trinajstić information content (AvgIpc) is 3.14. The SMILES string of the molecule is Cc1ncn2c1c(N)nc1cnc(C(=O)N3CCOc4cc(OC(F)(F)F)ccc43)cc12. The molecule has 1 aliphatic rings. The fourth-order valence-electron chi connectivity index (χ4n) is 3.69. The zero-order valence-electron chi connectivity index (χ0n) is 16.6. The van der Waals surface area contributed by atoms with E-state index in [9.17, 15) is 18.0 Å². The van der Waals surface area contributed by atoms with Gasteiger partial charge in [-0.25, -0.2) is 15.0 Å². The van der Waals surface area contributed by atoms with E-state index in [0.717, 1.165) is 12.1 Å². The summed E-state index contributed by atoms with van der Waals surface area (Å²) < 4.78 is 48.6. The molecular weight excluding hydrogens is 429 g/mol. The number of nitrogens with zero attached hydrogens (tertiary/aromatic N) is 5. The van der Waals surface area contributed by atoms with Gasteiger partial charge >= 0.3 is 6.36 Å². The number of rotatable bonds is 2. The number of ether oxygens (including phenoxy) is 2. The summed E-state index contributed by atoms with van der Waals surface area (Å²) in [6.45, 7) is 2.10. The Morgan fingerprint density at radius 2 is 2.06 bits per heavy atom. The van der Waals surface area contributed by atoms with E-state index in [1.54, 1.807) is 23.7 Å². The number of halogens is 3. The molecule has 2 N–H and O–H groups in total. The fourth-order valence-corrected chi connectivity index (χ4v) is 3.69. The Morgan fingerprint density at radius 1 is 1.25 bits per heavy atom. The molecule has 4 aromatic rings. The molecule has 4 heterocycles.